The second kappa shape index (κ2) is 7.85. The molecule has 0 radical (unpaired) electrons. The molecule has 0 spiro atoms. The molecule has 0 aliphatic rings. The summed E-state index contributed by atoms with van der Waals surface area (Å²) in [4.78, 5) is 13.8. The summed E-state index contributed by atoms with van der Waals surface area (Å²) in [6.45, 7) is 1.39. The van der Waals surface area contributed by atoms with E-state index >= 15 is 0 Å². The molecular weight excluding hydrogens is 296 g/mol. The summed E-state index contributed by atoms with van der Waals surface area (Å²) in [7, 11) is 1.58. The zero-order valence-electron chi connectivity index (χ0n) is 9.96. The zero-order chi connectivity index (χ0) is 13.5. The van der Waals surface area contributed by atoms with Crippen LogP contribution < -0.4 is 0 Å². The minimum absolute atomic E-state index is 0.155. The first kappa shape index (κ1) is 15.6. The Balaban J connectivity index is 2.86. The van der Waals surface area contributed by atoms with Crippen LogP contribution in [0.15, 0.2) is 18.2 Å². The number of alkyl halides is 1. The summed E-state index contributed by atoms with van der Waals surface area (Å²) in [6.07, 6.45) is 0. The standard InChI is InChI=1S/C12H14Cl3NO2/c1-18-5-4-16(3-2-13)12(17)9-6-10(14)8-11(15)7-9/h6-8H,2-5H2,1H3. The van der Waals surface area contributed by atoms with Gasteiger partial charge in [-0.25, -0.2) is 0 Å². The third-order valence-electron chi connectivity index (χ3n) is 2.32. The third-order valence-corrected chi connectivity index (χ3v) is 2.92. The first-order chi connectivity index (χ1) is 8.58. The fourth-order valence-electron chi connectivity index (χ4n) is 1.48. The smallest absolute Gasteiger partial charge is 0.254 e. The van der Waals surface area contributed by atoms with E-state index in [-0.39, 0.29) is 5.91 Å². The Kier molecular flexibility index (Phi) is 6.79. The van der Waals surface area contributed by atoms with Crippen molar-refractivity contribution in [1.82, 2.24) is 4.90 Å². The Morgan fingerprint density at radius 3 is 2.33 bits per heavy atom. The lowest BCUT2D eigenvalue weighted by molar-refractivity contribution is 0.0708. The second-order valence-electron chi connectivity index (χ2n) is 3.63. The summed E-state index contributed by atoms with van der Waals surface area (Å²) in [6, 6.07) is 4.76. The van der Waals surface area contributed by atoms with E-state index in [1.54, 1.807) is 30.2 Å². The molecule has 0 saturated heterocycles. The highest BCUT2D eigenvalue weighted by Gasteiger charge is 2.16. The van der Waals surface area contributed by atoms with Gasteiger partial charge >= 0.3 is 0 Å². The van der Waals surface area contributed by atoms with Crippen molar-refractivity contribution in [2.45, 2.75) is 0 Å². The van der Waals surface area contributed by atoms with Crippen LogP contribution in [0.25, 0.3) is 0 Å². The van der Waals surface area contributed by atoms with Crippen molar-refractivity contribution >= 4 is 40.7 Å². The summed E-state index contributed by atoms with van der Waals surface area (Å²) in [5, 5.41) is 0.867. The van der Waals surface area contributed by atoms with Crippen molar-refractivity contribution < 1.29 is 9.53 Å². The molecule has 0 saturated carbocycles. The molecule has 6 heteroatoms. The number of rotatable bonds is 6. The normalized spacial score (nSPS) is 10.4. The molecule has 0 aromatic heterocycles. The van der Waals surface area contributed by atoms with Gasteiger partial charge in [0.05, 0.1) is 6.61 Å². The van der Waals surface area contributed by atoms with Gasteiger partial charge in [-0.05, 0) is 18.2 Å². The number of ether oxygens (including phenoxy) is 1. The van der Waals surface area contributed by atoms with Crippen LogP contribution in [-0.2, 0) is 4.74 Å². The Hall–Kier alpha value is -0.480. The predicted molar refractivity (Wildman–Crippen MR) is 75.0 cm³/mol. The van der Waals surface area contributed by atoms with Crippen molar-refractivity contribution in [3.63, 3.8) is 0 Å². The van der Waals surface area contributed by atoms with Crippen LogP contribution >= 0.6 is 34.8 Å². The molecule has 0 aliphatic carbocycles. The fourth-order valence-corrected chi connectivity index (χ4v) is 2.21. The highest BCUT2D eigenvalue weighted by atomic mass is 35.5. The number of carbonyl (C=O) groups is 1. The molecule has 0 bridgehead atoms. The first-order valence-corrected chi connectivity index (χ1v) is 6.67. The van der Waals surface area contributed by atoms with Crippen molar-refractivity contribution in [3.05, 3.63) is 33.8 Å². The lowest BCUT2D eigenvalue weighted by Gasteiger charge is -2.21. The van der Waals surface area contributed by atoms with Gasteiger partial charge in [0.2, 0.25) is 0 Å². The van der Waals surface area contributed by atoms with Crippen LogP contribution in [0.1, 0.15) is 10.4 Å². The molecule has 1 aromatic rings. The summed E-state index contributed by atoms with van der Waals surface area (Å²) >= 11 is 17.4. The molecule has 0 N–H and O–H groups in total. The topological polar surface area (TPSA) is 29.5 Å². The average molecular weight is 311 g/mol. The number of nitrogens with zero attached hydrogens (tertiary/aromatic N) is 1. The maximum atomic E-state index is 12.2. The number of hydrogen-bond acceptors (Lipinski definition) is 2. The number of hydrogen-bond donors (Lipinski definition) is 0. The van der Waals surface area contributed by atoms with Crippen LogP contribution in [0.4, 0.5) is 0 Å². The minimum Gasteiger partial charge on any atom is -0.383 e. The van der Waals surface area contributed by atoms with E-state index in [1.165, 1.54) is 0 Å². The highest BCUT2D eigenvalue weighted by Crippen LogP contribution is 2.20. The van der Waals surface area contributed by atoms with Crippen molar-refractivity contribution in [2.24, 2.45) is 0 Å². The van der Waals surface area contributed by atoms with Crippen LogP contribution in [0, 0.1) is 0 Å². The quantitative estimate of drug-likeness (QED) is 0.754. The lowest BCUT2D eigenvalue weighted by atomic mass is 10.2. The Morgan fingerprint density at radius 1 is 1.22 bits per heavy atom. The van der Waals surface area contributed by atoms with Gasteiger partial charge in [0, 0.05) is 41.7 Å². The van der Waals surface area contributed by atoms with Gasteiger partial charge in [-0.2, -0.15) is 0 Å². The SMILES string of the molecule is COCCN(CCCl)C(=O)c1cc(Cl)cc(Cl)c1. The number of methoxy groups -OCH3 is 1. The Labute approximate surface area is 122 Å². The monoisotopic (exact) mass is 309 g/mol. The molecule has 1 aromatic carbocycles. The summed E-state index contributed by atoms with van der Waals surface area (Å²) in [5.74, 6) is 0.209. The van der Waals surface area contributed by atoms with Crippen molar-refractivity contribution in [2.75, 3.05) is 32.7 Å². The minimum atomic E-state index is -0.155. The predicted octanol–water partition coefficient (Wildman–Crippen LogP) is 3.32. The molecule has 1 rings (SSSR count). The van der Waals surface area contributed by atoms with E-state index < -0.39 is 0 Å². The van der Waals surface area contributed by atoms with E-state index in [0.29, 0.717) is 41.2 Å². The van der Waals surface area contributed by atoms with Crippen LogP contribution in [0.5, 0.6) is 0 Å². The van der Waals surface area contributed by atoms with E-state index in [4.69, 9.17) is 39.5 Å². The summed E-state index contributed by atoms with van der Waals surface area (Å²) in [5.41, 5.74) is 0.453. The summed E-state index contributed by atoms with van der Waals surface area (Å²) < 4.78 is 4.96. The average Bonchev–Trinajstić information content (AvgIpc) is 2.32. The van der Waals surface area contributed by atoms with Gasteiger partial charge in [0.1, 0.15) is 0 Å². The maximum Gasteiger partial charge on any atom is 0.254 e. The van der Waals surface area contributed by atoms with Crippen LogP contribution in [-0.4, -0.2) is 43.5 Å². The number of benzene rings is 1. The Morgan fingerprint density at radius 2 is 1.83 bits per heavy atom. The maximum absolute atomic E-state index is 12.2. The Bertz CT molecular complexity index is 392. The fraction of sp³-hybridized carbons (Fsp3) is 0.417. The van der Waals surface area contributed by atoms with Crippen LogP contribution in [0.3, 0.4) is 0 Å². The van der Waals surface area contributed by atoms with Gasteiger partial charge in [-0.1, -0.05) is 23.2 Å². The van der Waals surface area contributed by atoms with Crippen molar-refractivity contribution in [3.8, 4) is 0 Å². The third kappa shape index (κ3) is 4.65. The molecule has 0 atom stereocenters. The highest BCUT2D eigenvalue weighted by molar-refractivity contribution is 6.35. The number of amides is 1. The van der Waals surface area contributed by atoms with E-state index in [2.05, 4.69) is 0 Å². The molecule has 0 unspecified atom stereocenters. The molecule has 3 nitrogen and oxygen atoms in total. The largest absolute Gasteiger partial charge is 0.383 e. The number of halogens is 3. The van der Waals surface area contributed by atoms with Gasteiger partial charge in [0.15, 0.2) is 0 Å². The molecule has 18 heavy (non-hydrogen) atoms. The van der Waals surface area contributed by atoms with E-state index in [0.717, 1.165) is 0 Å². The van der Waals surface area contributed by atoms with E-state index in [1.807, 2.05) is 0 Å². The van der Waals surface area contributed by atoms with Gasteiger partial charge in [-0.15, -0.1) is 11.6 Å². The van der Waals surface area contributed by atoms with Crippen LogP contribution in [0.2, 0.25) is 10.0 Å². The second-order valence-corrected chi connectivity index (χ2v) is 4.88. The molecule has 0 aliphatic heterocycles. The molecular formula is C12H14Cl3NO2. The molecule has 0 fully saturated rings. The van der Waals surface area contributed by atoms with Gasteiger partial charge in [-0.3, -0.25) is 4.79 Å². The molecule has 0 heterocycles. The molecule has 100 valence electrons. The zero-order valence-corrected chi connectivity index (χ0v) is 12.2. The van der Waals surface area contributed by atoms with Gasteiger partial charge < -0.3 is 9.64 Å². The lowest BCUT2D eigenvalue weighted by Crippen LogP contribution is -2.35. The van der Waals surface area contributed by atoms with Gasteiger partial charge in [0.25, 0.3) is 5.91 Å². The van der Waals surface area contributed by atoms with E-state index in [9.17, 15) is 4.79 Å². The van der Waals surface area contributed by atoms with Crippen molar-refractivity contribution in [1.29, 1.82) is 0 Å². The number of carbonyl (C=O) groups excluding carboxylic acids is 1. The molecule has 1 amide bonds. The first-order valence-electron chi connectivity index (χ1n) is 5.38.